The van der Waals surface area contributed by atoms with Crippen LogP contribution in [-0.2, 0) is 4.79 Å². The normalized spacial score (nSPS) is 16.1. The molecule has 0 unspecified atom stereocenters. The molecule has 0 bridgehead atoms. The van der Waals surface area contributed by atoms with E-state index in [0.29, 0.717) is 27.3 Å². The zero-order valence-corrected chi connectivity index (χ0v) is 21.0. The standard InChI is InChI=1S/C24H16ClN5O4S2/c1-2-33-17-11-13(10-16(25)19(17)34-23(32)18-6-4-8-35-18)9-15-20(26)30-24(28-21(15)31)36-22(29-30)14-5-3-7-27-12-14/h3-12,26H,2H2,1H3/b15-9-,26-20?. The van der Waals surface area contributed by atoms with Crippen molar-refractivity contribution in [2.24, 2.45) is 10.1 Å². The van der Waals surface area contributed by atoms with Gasteiger partial charge in [0.15, 0.2) is 17.3 Å². The quantitative estimate of drug-likeness (QED) is 0.264. The summed E-state index contributed by atoms with van der Waals surface area (Å²) in [7, 11) is 0. The van der Waals surface area contributed by atoms with E-state index < -0.39 is 11.9 Å². The molecule has 0 aliphatic carbocycles. The second-order valence-electron chi connectivity index (χ2n) is 7.30. The summed E-state index contributed by atoms with van der Waals surface area (Å²) in [6.07, 6.45) is 4.78. The van der Waals surface area contributed by atoms with E-state index in [-0.39, 0.29) is 27.9 Å². The number of carbonyl (C=O) groups is 2. The number of pyridine rings is 1. The van der Waals surface area contributed by atoms with E-state index in [1.165, 1.54) is 40.2 Å². The largest absolute Gasteiger partial charge is 0.490 e. The van der Waals surface area contributed by atoms with E-state index >= 15 is 0 Å². The fraction of sp³-hybridized carbons (Fsp3) is 0.0833. The van der Waals surface area contributed by atoms with Gasteiger partial charge in [-0.3, -0.25) is 15.2 Å². The highest BCUT2D eigenvalue weighted by Gasteiger charge is 2.36. The van der Waals surface area contributed by atoms with Crippen molar-refractivity contribution >= 4 is 68.7 Å². The predicted molar refractivity (Wildman–Crippen MR) is 140 cm³/mol. The predicted octanol–water partition coefficient (Wildman–Crippen LogP) is 5.08. The molecular formula is C24H16ClN5O4S2. The van der Waals surface area contributed by atoms with E-state index in [1.807, 2.05) is 6.07 Å². The van der Waals surface area contributed by atoms with Gasteiger partial charge in [-0.1, -0.05) is 17.7 Å². The molecule has 180 valence electrons. The number of benzene rings is 1. The lowest BCUT2D eigenvalue weighted by Crippen LogP contribution is -2.35. The van der Waals surface area contributed by atoms with Crippen molar-refractivity contribution in [2.75, 3.05) is 6.61 Å². The summed E-state index contributed by atoms with van der Waals surface area (Å²) in [6, 6.07) is 10.1. The first kappa shape index (κ1) is 23.9. The SMILES string of the molecule is CCOc1cc(/C=C2/C(=N)N3N=C(c4cccnc4)SC3=NC2=O)cc(Cl)c1OC(=O)c1cccs1. The van der Waals surface area contributed by atoms with Gasteiger partial charge in [0.1, 0.15) is 9.92 Å². The van der Waals surface area contributed by atoms with E-state index in [1.54, 1.807) is 49.0 Å². The van der Waals surface area contributed by atoms with E-state index in [9.17, 15) is 9.59 Å². The Morgan fingerprint density at radius 3 is 2.86 bits per heavy atom. The molecule has 12 heteroatoms. The molecule has 1 amide bonds. The third kappa shape index (κ3) is 4.68. The monoisotopic (exact) mass is 537 g/mol. The van der Waals surface area contributed by atoms with Crippen LogP contribution in [0.3, 0.4) is 0 Å². The summed E-state index contributed by atoms with van der Waals surface area (Å²) in [4.78, 5) is 33.9. The number of aliphatic imine (C=N–C) groups is 1. The lowest BCUT2D eigenvalue weighted by molar-refractivity contribution is -0.114. The molecule has 0 radical (unpaired) electrons. The van der Waals surface area contributed by atoms with Crippen LogP contribution in [0.2, 0.25) is 5.02 Å². The third-order valence-corrected chi connectivity index (χ3v) is 7.01. The number of halogens is 1. The van der Waals surface area contributed by atoms with Crippen molar-refractivity contribution in [1.82, 2.24) is 9.99 Å². The Morgan fingerprint density at radius 2 is 2.14 bits per heavy atom. The van der Waals surface area contributed by atoms with Crippen LogP contribution in [0.25, 0.3) is 6.08 Å². The number of esters is 1. The Balaban J connectivity index is 1.46. The number of amides is 1. The molecule has 2 aromatic heterocycles. The molecule has 1 aromatic carbocycles. The van der Waals surface area contributed by atoms with Gasteiger partial charge < -0.3 is 9.47 Å². The number of amidine groups is 2. The van der Waals surface area contributed by atoms with Gasteiger partial charge in [-0.25, -0.2) is 4.79 Å². The van der Waals surface area contributed by atoms with Crippen molar-refractivity contribution < 1.29 is 19.1 Å². The maximum Gasteiger partial charge on any atom is 0.353 e. The Bertz CT molecular complexity index is 1470. The minimum atomic E-state index is -0.580. The van der Waals surface area contributed by atoms with Crippen LogP contribution >= 0.6 is 34.7 Å². The van der Waals surface area contributed by atoms with E-state index in [0.717, 1.165) is 5.56 Å². The van der Waals surface area contributed by atoms with Crippen LogP contribution in [0.5, 0.6) is 11.5 Å². The highest BCUT2D eigenvalue weighted by molar-refractivity contribution is 8.27. The average Bonchev–Trinajstić information content (AvgIpc) is 3.55. The summed E-state index contributed by atoms with van der Waals surface area (Å²) >= 11 is 8.89. The van der Waals surface area contributed by atoms with Gasteiger partial charge in [-0.2, -0.15) is 15.1 Å². The topological polar surface area (TPSA) is 117 Å². The molecule has 1 N–H and O–H groups in total. The Labute approximate surface area is 218 Å². The minimum absolute atomic E-state index is 0.0254. The second kappa shape index (κ2) is 10.1. The number of hydrogen-bond donors (Lipinski definition) is 1. The first-order chi connectivity index (χ1) is 17.4. The van der Waals surface area contributed by atoms with Gasteiger partial charge in [0, 0.05) is 18.0 Å². The Hall–Kier alpha value is -3.80. The number of aromatic nitrogens is 1. The molecule has 5 rings (SSSR count). The number of nitrogens with zero attached hydrogens (tertiary/aromatic N) is 4. The molecule has 2 aliphatic rings. The van der Waals surface area contributed by atoms with Crippen LogP contribution in [0.1, 0.15) is 27.7 Å². The maximum absolute atomic E-state index is 12.8. The molecule has 0 fully saturated rings. The van der Waals surface area contributed by atoms with Crippen LogP contribution < -0.4 is 9.47 Å². The molecule has 9 nitrogen and oxygen atoms in total. The van der Waals surface area contributed by atoms with Gasteiger partial charge in [-0.15, -0.1) is 11.3 Å². The summed E-state index contributed by atoms with van der Waals surface area (Å²) in [5.41, 5.74) is 1.25. The average molecular weight is 538 g/mol. The fourth-order valence-corrected chi connectivity index (χ4v) is 5.07. The summed E-state index contributed by atoms with van der Waals surface area (Å²) < 4.78 is 11.2. The molecule has 2 aliphatic heterocycles. The summed E-state index contributed by atoms with van der Waals surface area (Å²) in [6.45, 7) is 2.07. The van der Waals surface area contributed by atoms with Crippen LogP contribution in [-0.4, -0.2) is 44.5 Å². The molecule has 0 saturated carbocycles. The Morgan fingerprint density at radius 1 is 1.28 bits per heavy atom. The molecule has 0 spiro atoms. The first-order valence-electron chi connectivity index (χ1n) is 10.6. The van der Waals surface area contributed by atoms with Gasteiger partial charge in [0.25, 0.3) is 5.91 Å². The molecule has 0 atom stereocenters. The Kier molecular flexibility index (Phi) is 6.68. The number of nitrogens with one attached hydrogen (secondary N) is 1. The number of hydrazone groups is 1. The zero-order valence-electron chi connectivity index (χ0n) is 18.6. The maximum atomic E-state index is 12.8. The number of rotatable bonds is 6. The van der Waals surface area contributed by atoms with Crippen LogP contribution in [0.4, 0.5) is 0 Å². The van der Waals surface area contributed by atoms with Gasteiger partial charge in [0.05, 0.1) is 17.2 Å². The van der Waals surface area contributed by atoms with Crippen molar-refractivity contribution in [3.8, 4) is 11.5 Å². The van der Waals surface area contributed by atoms with E-state index in [2.05, 4.69) is 15.1 Å². The molecule has 36 heavy (non-hydrogen) atoms. The molecular weight excluding hydrogens is 522 g/mol. The highest BCUT2D eigenvalue weighted by Crippen LogP contribution is 2.39. The van der Waals surface area contributed by atoms with Crippen LogP contribution in [0.15, 0.2) is 69.8 Å². The number of fused-ring (bicyclic) bond motifs is 1. The van der Waals surface area contributed by atoms with Crippen molar-refractivity contribution in [3.63, 3.8) is 0 Å². The zero-order chi connectivity index (χ0) is 25.2. The van der Waals surface area contributed by atoms with E-state index in [4.69, 9.17) is 26.5 Å². The number of carbonyl (C=O) groups excluding carboxylic acids is 2. The van der Waals surface area contributed by atoms with Gasteiger partial charge in [-0.05, 0) is 66.0 Å². The third-order valence-electron chi connectivity index (χ3n) is 4.92. The molecule has 3 aromatic rings. The van der Waals surface area contributed by atoms with Crippen molar-refractivity contribution in [1.29, 1.82) is 5.41 Å². The highest BCUT2D eigenvalue weighted by atomic mass is 35.5. The first-order valence-corrected chi connectivity index (χ1v) is 12.6. The summed E-state index contributed by atoms with van der Waals surface area (Å²) in [5, 5.41) is 17.1. The number of ether oxygens (including phenoxy) is 2. The van der Waals surface area contributed by atoms with Gasteiger partial charge in [0.2, 0.25) is 5.17 Å². The molecule has 0 saturated heterocycles. The van der Waals surface area contributed by atoms with Crippen molar-refractivity contribution in [3.05, 3.63) is 80.8 Å². The minimum Gasteiger partial charge on any atom is -0.490 e. The number of thiophene rings is 1. The lowest BCUT2D eigenvalue weighted by atomic mass is 10.1. The lowest BCUT2D eigenvalue weighted by Gasteiger charge is -2.20. The number of thioether (sulfide) groups is 1. The smallest absolute Gasteiger partial charge is 0.353 e. The van der Waals surface area contributed by atoms with Crippen molar-refractivity contribution in [2.45, 2.75) is 6.92 Å². The fourth-order valence-electron chi connectivity index (χ4n) is 3.34. The van der Waals surface area contributed by atoms with Crippen LogP contribution in [0, 0.1) is 5.41 Å². The number of hydrogen-bond acceptors (Lipinski definition) is 9. The second-order valence-corrected chi connectivity index (χ2v) is 9.61. The van der Waals surface area contributed by atoms with Gasteiger partial charge >= 0.3 is 5.97 Å². The molecule has 4 heterocycles. The summed E-state index contributed by atoms with van der Waals surface area (Å²) in [5.74, 6) is -0.957.